The van der Waals surface area contributed by atoms with Gasteiger partial charge in [-0.2, -0.15) is 0 Å². The van der Waals surface area contributed by atoms with Crippen LogP contribution in [0.15, 0.2) is 4.99 Å². The molecule has 0 aromatic rings. The van der Waals surface area contributed by atoms with E-state index < -0.39 is 0 Å². The molecule has 0 heterocycles. The number of nitrogens with one attached hydrogen (secondary N) is 2. The third-order valence-corrected chi connectivity index (χ3v) is 3.32. The highest BCUT2D eigenvalue weighted by Gasteiger charge is 2.20. The topological polar surface area (TPSA) is 54.9 Å². The van der Waals surface area contributed by atoms with E-state index >= 15 is 0 Å². The number of nitrogens with zero attached hydrogens (tertiary/aromatic N) is 1. The van der Waals surface area contributed by atoms with Crippen LogP contribution in [0.5, 0.6) is 0 Å². The molecule has 20 heavy (non-hydrogen) atoms. The van der Waals surface area contributed by atoms with Crippen molar-refractivity contribution in [2.75, 3.05) is 40.0 Å². The van der Waals surface area contributed by atoms with Crippen molar-refractivity contribution in [3.63, 3.8) is 0 Å². The summed E-state index contributed by atoms with van der Waals surface area (Å²) in [6.45, 7) is 10.3. The standard InChI is InChI=1S/C15H31N3O2/c1-5-16-14(18-12-15(2,3)19-4)17-9-6-10-20-11-13-7-8-13/h13H,5-12H2,1-4H3,(H2,16,17,18). The molecule has 2 N–H and O–H groups in total. The van der Waals surface area contributed by atoms with Crippen LogP contribution in [0.25, 0.3) is 0 Å². The molecule has 0 unspecified atom stereocenters. The lowest BCUT2D eigenvalue weighted by Crippen LogP contribution is -2.39. The van der Waals surface area contributed by atoms with E-state index in [1.54, 1.807) is 7.11 Å². The number of methoxy groups -OCH3 is 1. The Bertz CT molecular complexity index is 289. The van der Waals surface area contributed by atoms with E-state index in [0.29, 0.717) is 6.54 Å². The van der Waals surface area contributed by atoms with Gasteiger partial charge in [0.05, 0.1) is 12.1 Å². The van der Waals surface area contributed by atoms with Crippen LogP contribution in [0.4, 0.5) is 0 Å². The van der Waals surface area contributed by atoms with Crippen molar-refractivity contribution in [1.82, 2.24) is 10.6 Å². The van der Waals surface area contributed by atoms with Crippen molar-refractivity contribution in [3.8, 4) is 0 Å². The lowest BCUT2D eigenvalue weighted by Gasteiger charge is -2.21. The molecule has 0 amide bonds. The van der Waals surface area contributed by atoms with E-state index in [2.05, 4.69) is 22.5 Å². The first kappa shape index (κ1) is 17.2. The lowest BCUT2D eigenvalue weighted by molar-refractivity contribution is 0.0310. The summed E-state index contributed by atoms with van der Waals surface area (Å²) in [6.07, 6.45) is 3.71. The summed E-state index contributed by atoms with van der Waals surface area (Å²) in [5, 5.41) is 6.57. The second kappa shape index (κ2) is 9.19. The van der Waals surface area contributed by atoms with Gasteiger partial charge in [0.2, 0.25) is 0 Å². The number of aliphatic imine (C=N–C) groups is 1. The smallest absolute Gasteiger partial charge is 0.191 e. The van der Waals surface area contributed by atoms with Crippen LogP contribution in [-0.4, -0.2) is 51.5 Å². The summed E-state index contributed by atoms with van der Waals surface area (Å²) in [4.78, 5) is 4.54. The predicted octanol–water partition coefficient (Wildman–Crippen LogP) is 1.78. The number of guanidine groups is 1. The fourth-order valence-electron chi connectivity index (χ4n) is 1.59. The maximum atomic E-state index is 5.61. The zero-order valence-corrected chi connectivity index (χ0v) is 13.5. The van der Waals surface area contributed by atoms with Crippen LogP contribution < -0.4 is 10.6 Å². The van der Waals surface area contributed by atoms with Crippen LogP contribution in [0.2, 0.25) is 0 Å². The average molecular weight is 285 g/mol. The predicted molar refractivity (Wildman–Crippen MR) is 83.2 cm³/mol. The molecule has 118 valence electrons. The molecule has 5 nitrogen and oxygen atoms in total. The first-order chi connectivity index (χ1) is 9.57. The number of hydrogen-bond acceptors (Lipinski definition) is 3. The molecule has 0 radical (unpaired) electrons. The lowest BCUT2D eigenvalue weighted by atomic mass is 10.1. The molecule has 0 aromatic heterocycles. The molecule has 1 aliphatic carbocycles. The van der Waals surface area contributed by atoms with E-state index in [1.165, 1.54) is 12.8 Å². The van der Waals surface area contributed by atoms with Gasteiger partial charge in [0.25, 0.3) is 0 Å². The molecular formula is C15H31N3O2. The molecule has 1 aliphatic rings. The third-order valence-electron chi connectivity index (χ3n) is 3.32. The van der Waals surface area contributed by atoms with Crippen LogP contribution in [0, 0.1) is 5.92 Å². The van der Waals surface area contributed by atoms with E-state index in [0.717, 1.165) is 44.6 Å². The highest BCUT2D eigenvalue weighted by atomic mass is 16.5. The Balaban J connectivity index is 2.14. The second-order valence-electron chi connectivity index (χ2n) is 5.96. The highest BCUT2D eigenvalue weighted by Crippen LogP contribution is 2.28. The van der Waals surface area contributed by atoms with Gasteiger partial charge >= 0.3 is 0 Å². The summed E-state index contributed by atoms with van der Waals surface area (Å²) < 4.78 is 11.0. The fourth-order valence-corrected chi connectivity index (χ4v) is 1.59. The first-order valence-corrected chi connectivity index (χ1v) is 7.72. The third kappa shape index (κ3) is 8.38. The van der Waals surface area contributed by atoms with E-state index in [-0.39, 0.29) is 5.60 Å². The van der Waals surface area contributed by atoms with E-state index in [1.807, 2.05) is 13.8 Å². The van der Waals surface area contributed by atoms with Crippen LogP contribution >= 0.6 is 0 Å². The maximum Gasteiger partial charge on any atom is 0.191 e. The molecule has 0 saturated heterocycles. The maximum absolute atomic E-state index is 5.61. The molecule has 1 fully saturated rings. The van der Waals surface area contributed by atoms with E-state index in [9.17, 15) is 0 Å². The number of hydrogen-bond donors (Lipinski definition) is 2. The number of rotatable bonds is 10. The SMILES string of the molecule is CCNC(=NCC(C)(C)OC)NCCCOCC1CC1. The first-order valence-electron chi connectivity index (χ1n) is 7.72. The Morgan fingerprint density at radius 1 is 1.30 bits per heavy atom. The van der Waals surface area contributed by atoms with Gasteiger partial charge in [0.15, 0.2) is 5.96 Å². The minimum Gasteiger partial charge on any atom is -0.381 e. The Labute approximate surface area is 123 Å². The normalized spacial score (nSPS) is 16.3. The Hall–Kier alpha value is -0.810. The quantitative estimate of drug-likeness (QED) is 0.365. The van der Waals surface area contributed by atoms with Gasteiger partial charge in [-0.1, -0.05) is 0 Å². The summed E-state index contributed by atoms with van der Waals surface area (Å²) in [7, 11) is 1.72. The average Bonchev–Trinajstić information content (AvgIpc) is 3.24. The van der Waals surface area contributed by atoms with E-state index in [4.69, 9.17) is 9.47 Å². The minimum absolute atomic E-state index is 0.226. The van der Waals surface area contributed by atoms with Crippen LogP contribution in [0.3, 0.4) is 0 Å². The van der Waals surface area contributed by atoms with Gasteiger partial charge in [-0.25, -0.2) is 0 Å². The monoisotopic (exact) mass is 285 g/mol. The summed E-state index contributed by atoms with van der Waals surface area (Å²) in [5.74, 6) is 1.69. The fraction of sp³-hybridized carbons (Fsp3) is 0.933. The zero-order chi connectivity index (χ0) is 14.8. The Morgan fingerprint density at radius 2 is 2.05 bits per heavy atom. The molecule has 1 rings (SSSR count). The van der Waals surface area contributed by atoms with Crippen molar-refractivity contribution in [2.24, 2.45) is 10.9 Å². The molecule has 0 spiro atoms. The van der Waals surface area contributed by atoms with Gasteiger partial charge in [-0.05, 0) is 46.0 Å². The minimum atomic E-state index is -0.226. The molecule has 0 bridgehead atoms. The van der Waals surface area contributed by atoms with Gasteiger partial charge in [-0.15, -0.1) is 0 Å². The van der Waals surface area contributed by atoms with Crippen LogP contribution in [0.1, 0.15) is 40.0 Å². The Kier molecular flexibility index (Phi) is 7.92. The second-order valence-corrected chi connectivity index (χ2v) is 5.96. The van der Waals surface area contributed by atoms with Gasteiger partial charge in [-0.3, -0.25) is 4.99 Å². The van der Waals surface area contributed by atoms with Crippen LogP contribution in [-0.2, 0) is 9.47 Å². The van der Waals surface area contributed by atoms with Crippen molar-refractivity contribution in [1.29, 1.82) is 0 Å². The molecular weight excluding hydrogens is 254 g/mol. The van der Waals surface area contributed by atoms with Crippen molar-refractivity contribution < 1.29 is 9.47 Å². The molecule has 5 heteroatoms. The van der Waals surface area contributed by atoms with Crippen molar-refractivity contribution in [2.45, 2.75) is 45.6 Å². The summed E-state index contributed by atoms with van der Waals surface area (Å²) in [6, 6.07) is 0. The Morgan fingerprint density at radius 3 is 2.65 bits per heavy atom. The van der Waals surface area contributed by atoms with Crippen molar-refractivity contribution >= 4 is 5.96 Å². The highest BCUT2D eigenvalue weighted by molar-refractivity contribution is 5.79. The zero-order valence-electron chi connectivity index (χ0n) is 13.5. The summed E-state index contributed by atoms with van der Waals surface area (Å²) in [5.41, 5.74) is -0.226. The largest absolute Gasteiger partial charge is 0.381 e. The summed E-state index contributed by atoms with van der Waals surface area (Å²) >= 11 is 0. The van der Waals surface area contributed by atoms with Gasteiger partial charge < -0.3 is 20.1 Å². The molecule has 1 saturated carbocycles. The van der Waals surface area contributed by atoms with Gasteiger partial charge in [0.1, 0.15) is 0 Å². The van der Waals surface area contributed by atoms with Crippen molar-refractivity contribution in [3.05, 3.63) is 0 Å². The molecule has 0 atom stereocenters. The molecule has 0 aliphatic heterocycles. The number of ether oxygens (including phenoxy) is 2. The molecule has 0 aromatic carbocycles. The van der Waals surface area contributed by atoms with Gasteiger partial charge in [0, 0.05) is 33.4 Å².